The molecule has 1 saturated carbocycles. The van der Waals surface area contributed by atoms with E-state index in [9.17, 15) is 9.59 Å². The molecule has 0 spiro atoms. The molecule has 5 heteroatoms. The van der Waals surface area contributed by atoms with E-state index in [0.29, 0.717) is 6.04 Å². The van der Waals surface area contributed by atoms with Crippen LogP contribution in [0.3, 0.4) is 0 Å². The maximum Gasteiger partial charge on any atom is 0.316 e. The first kappa shape index (κ1) is 13.0. The molecule has 1 aromatic rings. The second kappa shape index (κ2) is 6.44. The van der Waals surface area contributed by atoms with E-state index in [0.717, 1.165) is 17.7 Å². The highest BCUT2D eigenvalue weighted by Crippen LogP contribution is 2.18. The van der Waals surface area contributed by atoms with Gasteiger partial charge in [-0.15, -0.1) is 11.8 Å². The molecule has 0 unspecified atom stereocenters. The van der Waals surface area contributed by atoms with E-state index >= 15 is 0 Å². The summed E-state index contributed by atoms with van der Waals surface area (Å²) in [5.41, 5.74) is 0. The number of hydrogen-bond donors (Lipinski definition) is 1. The number of nitrogens with one attached hydrogen (secondary N) is 1. The molecule has 0 saturated heterocycles. The van der Waals surface area contributed by atoms with Crippen molar-refractivity contribution < 1.29 is 14.3 Å². The van der Waals surface area contributed by atoms with Gasteiger partial charge in [-0.3, -0.25) is 9.59 Å². The monoisotopic (exact) mass is 265 g/mol. The lowest BCUT2D eigenvalue weighted by Gasteiger charge is -2.05. The smallest absolute Gasteiger partial charge is 0.316 e. The largest absolute Gasteiger partial charge is 0.455 e. The lowest BCUT2D eigenvalue weighted by molar-refractivity contribution is -0.145. The normalized spacial score (nSPS) is 14.0. The summed E-state index contributed by atoms with van der Waals surface area (Å²) in [6.07, 6.45) is 2.06. The van der Waals surface area contributed by atoms with Crippen LogP contribution in [0.25, 0.3) is 0 Å². The topological polar surface area (TPSA) is 55.4 Å². The molecule has 1 aromatic carbocycles. The Kier molecular flexibility index (Phi) is 4.64. The lowest BCUT2D eigenvalue weighted by Crippen LogP contribution is -2.30. The van der Waals surface area contributed by atoms with Gasteiger partial charge in [0, 0.05) is 10.9 Å². The second-order valence-corrected chi connectivity index (χ2v) is 5.15. The Morgan fingerprint density at radius 2 is 2.00 bits per heavy atom. The minimum atomic E-state index is -0.366. The van der Waals surface area contributed by atoms with Crippen LogP contribution in [0.5, 0.6) is 0 Å². The predicted molar refractivity (Wildman–Crippen MR) is 69.3 cm³/mol. The van der Waals surface area contributed by atoms with Crippen molar-refractivity contribution in [3.8, 4) is 0 Å². The molecule has 2 rings (SSSR count). The number of hydrogen-bond acceptors (Lipinski definition) is 4. The Labute approximate surface area is 110 Å². The molecular weight excluding hydrogens is 250 g/mol. The standard InChI is InChI=1S/C13H15NO3S/c15-12(14-10-6-7-10)8-17-13(16)9-18-11-4-2-1-3-5-11/h1-5,10H,6-9H2,(H,14,15). The first-order chi connectivity index (χ1) is 8.74. The molecule has 0 heterocycles. The maximum absolute atomic E-state index is 11.4. The zero-order valence-electron chi connectivity index (χ0n) is 9.93. The van der Waals surface area contributed by atoms with Crippen LogP contribution < -0.4 is 5.32 Å². The molecule has 1 aliphatic rings. The van der Waals surface area contributed by atoms with Crippen molar-refractivity contribution in [3.63, 3.8) is 0 Å². The molecule has 0 aromatic heterocycles. The Hall–Kier alpha value is -1.49. The minimum absolute atomic E-state index is 0.176. The number of amides is 1. The van der Waals surface area contributed by atoms with Crippen LogP contribution in [-0.4, -0.2) is 30.3 Å². The first-order valence-corrected chi connectivity index (χ1v) is 6.85. The van der Waals surface area contributed by atoms with Crippen molar-refractivity contribution in [2.45, 2.75) is 23.8 Å². The van der Waals surface area contributed by atoms with Gasteiger partial charge in [0.25, 0.3) is 5.91 Å². The van der Waals surface area contributed by atoms with Gasteiger partial charge < -0.3 is 10.1 Å². The quantitative estimate of drug-likeness (QED) is 0.627. The highest BCUT2D eigenvalue weighted by molar-refractivity contribution is 8.00. The van der Waals surface area contributed by atoms with Gasteiger partial charge in [-0.25, -0.2) is 0 Å². The molecule has 1 aliphatic carbocycles. The van der Waals surface area contributed by atoms with Gasteiger partial charge in [0.05, 0.1) is 5.75 Å². The zero-order chi connectivity index (χ0) is 12.8. The van der Waals surface area contributed by atoms with Crippen LogP contribution in [-0.2, 0) is 14.3 Å². The number of esters is 1. The van der Waals surface area contributed by atoms with E-state index in [1.165, 1.54) is 11.8 Å². The number of thioether (sulfide) groups is 1. The molecule has 0 bridgehead atoms. The predicted octanol–water partition coefficient (Wildman–Crippen LogP) is 1.60. The summed E-state index contributed by atoms with van der Waals surface area (Å²) in [6, 6.07) is 9.91. The van der Waals surface area contributed by atoms with Crippen molar-refractivity contribution in [2.75, 3.05) is 12.4 Å². The first-order valence-electron chi connectivity index (χ1n) is 5.87. The fourth-order valence-corrected chi connectivity index (χ4v) is 2.06. The molecule has 1 fully saturated rings. The van der Waals surface area contributed by atoms with Gasteiger partial charge in [0.1, 0.15) is 0 Å². The molecule has 1 amide bonds. The summed E-state index contributed by atoms with van der Waals surface area (Å²) in [7, 11) is 0. The molecule has 0 radical (unpaired) electrons. The van der Waals surface area contributed by atoms with Crippen molar-refractivity contribution in [3.05, 3.63) is 30.3 Å². The van der Waals surface area contributed by atoms with Gasteiger partial charge in [0.15, 0.2) is 6.61 Å². The van der Waals surface area contributed by atoms with E-state index in [4.69, 9.17) is 4.74 Å². The van der Waals surface area contributed by atoms with E-state index in [1.807, 2.05) is 30.3 Å². The average Bonchev–Trinajstić information content (AvgIpc) is 3.19. The van der Waals surface area contributed by atoms with E-state index in [-0.39, 0.29) is 24.2 Å². The third-order valence-corrected chi connectivity index (χ3v) is 3.39. The van der Waals surface area contributed by atoms with Gasteiger partial charge in [-0.1, -0.05) is 18.2 Å². The van der Waals surface area contributed by atoms with Crippen LogP contribution in [0.15, 0.2) is 35.2 Å². The summed E-state index contributed by atoms with van der Waals surface area (Å²) in [5, 5.41) is 2.76. The van der Waals surface area contributed by atoms with Gasteiger partial charge in [-0.2, -0.15) is 0 Å². The van der Waals surface area contributed by atoms with Gasteiger partial charge in [-0.05, 0) is 25.0 Å². The van der Waals surface area contributed by atoms with Crippen LogP contribution in [0.2, 0.25) is 0 Å². The third-order valence-electron chi connectivity index (χ3n) is 2.41. The van der Waals surface area contributed by atoms with Crippen LogP contribution >= 0.6 is 11.8 Å². The van der Waals surface area contributed by atoms with E-state index in [2.05, 4.69) is 5.32 Å². The third kappa shape index (κ3) is 4.79. The summed E-state index contributed by atoms with van der Waals surface area (Å²) in [5.74, 6) is -0.355. The number of rotatable bonds is 6. The zero-order valence-corrected chi connectivity index (χ0v) is 10.7. The highest BCUT2D eigenvalue weighted by Gasteiger charge is 2.23. The molecule has 96 valence electrons. The summed E-state index contributed by atoms with van der Waals surface area (Å²) in [4.78, 5) is 23.7. The van der Waals surface area contributed by atoms with Gasteiger partial charge in [0.2, 0.25) is 0 Å². The van der Waals surface area contributed by atoms with Crippen LogP contribution in [0, 0.1) is 0 Å². The van der Waals surface area contributed by atoms with Crippen molar-refractivity contribution >= 4 is 23.6 Å². The summed E-state index contributed by atoms with van der Waals surface area (Å²) < 4.78 is 4.88. The molecule has 18 heavy (non-hydrogen) atoms. The molecule has 1 N–H and O–H groups in total. The average molecular weight is 265 g/mol. The molecule has 4 nitrogen and oxygen atoms in total. The Morgan fingerprint density at radius 1 is 1.28 bits per heavy atom. The van der Waals surface area contributed by atoms with Gasteiger partial charge >= 0.3 is 5.97 Å². The minimum Gasteiger partial charge on any atom is -0.455 e. The molecule has 0 atom stereocenters. The van der Waals surface area contributed by atoms with Crippen molar-refractivity contribution in [2.24, 2.45) is 0 Å². The Morgan fingerprint density at radius 3 is 2.67 bits per heavy atom. The molecular formula is C13H15NO3S. The highest BCUT2D eigenvalue weighted by atomic mass is 32.2. The number of ether oxygens (including phenoxy) is 1. The Balaban J connectivity index is 1.61. The van der Waals surface area contributed by atoms with Crippen LogP contribution in [0.4, 0.5) is 0 Å². The summed E-state index contributed by atoms with van der Waals surface area (Å²) in [6.45, 7) is -0.176. The summed E-state index contributed by atoms with van der Waals surface area (Å²) >= 11 is 1.40. The van der Waals surface area contributed by atoms with E-state index < -0.39 is 0 Å². The fourth-order valence-electron chi connectivity index (χ4n) is 1.34. The molecule has 0 aliphatic heterocycles. The number of carbonyl (C=O) groups is 2. The SMILES string of the molecule is O=C(COC(=O)CSc1ccccc1)NC1CC1. The number of carbonyl (C=O) groups excluding carboxylic acids is 2. The Bertz CT molecular complexity index is 418. The van der Waals surface area contributed by atoms with Crippen molar-refractivity contribution in [1.29, 1.82) is 0 Å². The lowest BCUT2D eigenvalue weighted by atomic mass is 10.4. The van der Waals surface area contributed by atoms with E-state index in [1.54, 1.807) is 0 Å². The van der Waals surface area contributed by atoms with Crippen molar-refractivity contribution in [1.82, 2.24) is 5.32 Å². The second-order valence-electron chi connectivity index (χ2n) is 4.10. The van der Waals surface area contributed by atoms with Crippen LogP contribution in [0.1, 0.15) is 12.8 Å². The fraction of sp³-hybridized carbons (Fsp3) is 0.385. The number of benzene rings is 1. The maximum atomic E-state index is 11.4.